The first-order chi connectivity index (χ1) is 9.38. The molecule has 0 saturated heterocycles. The monoisotopic (exact) mass is 343 g/mol. The molecule has 0 heterocycles. The van der Waals surface area contributed by atoms with Crippen molar-refractivity contribution in [3.63, 3.8) is 0 Å². The zero-order chi connectivity index (χ0) is 14.9. The van der Waals surface area contributed by atoms with Crippen LogP contribution in [-0.2, 0) is 0 Å². The first-order valence-corrected chi connectivity index (χ1v) is 6.13. The van der Waals surface area contributed by atoms with E-state index in [2.05, 4.69) is 21.2 Å². The van der Waals surface area contributed by atoms with Crippen LogP contribution in [0.1, 0.15) is 0 Å². The Bertz CT molecular complexity index is 671. The van der Waals surface area contributed by atoms with E-state index in [0.717, 1.165) is 12.1 Å². The van der Waals surface area contributed by atoms with Gasteiger partial charge in [0.05, 0.1) is 10.6 Å². The summed E-state index contributed by atoms with van der Waals surface area (Å²) >= 11 is 3.03. The van der Waals surface area contributed by atoms with Crippen molar-refractivity contribution in [1.29, 1.82) is 0 Å². The van der Waals surface area contributed by atoms with Gasteiger partial charge in [-0.1, -0.05) is 0 Å². The second kappa shape index (κ2) is 5.41. The van der Waals surface area contributed by atoms with E-state index in [4.69, 9.17) is 5.73 Å². The van der Waals surface area contributed by atoms with Gasteiger partial charge in [0.2, 0.25) is 0 Å². The van der Waals surface area contributed by atoms with Crippen LogP contribution in [0.25, 0.3) is 0 Å². The minimum Gasteiger partial charge on any atom is -0.393 e. The number of nitro groups is 1. The van der Waals surface area contributed by atoms with Crippen LogP contribution in [0.4, 0.5) is 31.5 Å². The van der Waals surface area contributed by atoms with Crippen molar-refractivity contribution in [2.75, 3.05) is 11.1 Å². The van der Waals surface area contributed by atoms with Gasteiger partial charge in [0.25, 0.3) is 5.69 Å². The van der Waals surface area contributed by atoms with Gasteiger partial charge in [-0.3, -0.25) is 10.1 Å². The van der Waals surface area contributed by atoms with Gasteiger partial charge in [0.1, 0.15) is 11.5 Å². The molecule has 0 aromatic heterocycles. The minimum absolute atomic E-state index is 0.0136. The fourth-order valence-electron chi connectivity index (χ4n) is 1.60. The first-order valence-electron chi connectivity index (χ1n) is 5.34. The molecule has 0 spiro atoms. The fraction of sp³-hybridized carbons (Fsp3) is 0. The van der Waals surface area contributed by atoms with Crippen molar-refractivity contribution in [2.45, 2.75) is 0 Å². The van der Waals surface area contributed by atoms with Crippen LogP contribution in [0.5, 0.6) is 0 Å². The Morgan fingerprint density at radius 2 is 1.95 bits per heavy atom. The van der Waals surface area contributed by atoms with Gasteiger partial charge in [0, 0.05) is 22.3 Å². The van der Waals surface area contributed by atoms with E-state index in [1.54, 1.807) is 0 Å². The normalized spacial score (nSPS) is 10.3. The summed E-state index contributed by atoms with van der Waals surface area (Å²) in [5.74, 6) is -1.52. The summed E-state index contributed by atoms with van der Waals surface area (Å²) in [6.45, 7) is 0. The zero-order valence-corrected chi connectivity index (χ0v) is 11.4. The molecule has 3 N–H and O–H groups in total. The smallest absolute Gasteiger partial charge is 0.292 e. The molecule has 0 saturated carbocycles. The molecule has 0 aliphatic carbocycles. The molecular weight excluding hydrogens is 336 g/mol. The number of halogens is 3. The fourth-order valence-corrected chi connectivity index (χ4v) is 2.11. The molecule has 2 rings (SSSR count). The van der Waals surface area contributed by atoms with Crippen molar-refractivity contribution in [1.82, 2.24) is 0 Å². The lowest BCUT2D eigenvalue weighted by Gasteiger charge is -2.10. The minimum atomic E-state index is -0.797. The Morgan fingerprint density at radius 1 is 1.25 bits per heavy atom. The summed E-state index contributed by atoms with van der Waals surface area (Å²) in [5, 5.41) is 13.3. The molecule has 2 aromatic carbocycles. The molecule has 104 valence electrons. The average Bonchev–Trinajstić information content (AvgIpc) is 2.33. The third-order valence-corrected chi connectivity index (χ3v) is 3.13. The molecular formula is C12H8BrF2N3O2. The summed E-state index contributed by atoms with van der Waals surface area (Å²) in [4.78, 5) is 10.0. The standard InChI is InChI=1S/C12H8BrF2N3O2/c13-8-3-6(14)4-9(15)12(8)17-7-1-2-11(18(19)20)10(16)5-7/h1-5,17H,16H2. The Hall–Kier alpha value is -2.22. The molecule has 0 amide bonds. The zero-order valence-electron chi connectivity index (χ0n) is 9.86. The number of anilines is 3. The molecule has 0 aliphatic heterocycles. The molecule has 20 heavy (non-hydrogen) atoms. The lowest BCUT2D eigenvalue weighted by Crippen LogP contribution is -1.99. The lowest BCUT2D eigenvalue weighted by molar-refractivity contribution is -0.383. The maximum atomic E-state index is 13.6. The number of nitrogens with zero attached hydrogens (tertiary/aromatic N) is 1. The van der Waals surface area contributed by atoms with Gasteiger partial charge in [0.15, 0.2) is 5.82 Å². The van der Waals surface area contributed by atoms with Crippen LogP contribution in [0.3, 0.4) is 0 Å². The number of rotatable bonds is 3. The molecule has 0 unspecified atom stereocenters. The molecule has 8 heteroatoms. The van der Waals surface area contributed by atoms with Crippen molar-refractivity contribution in [3.05, 3.63) is 56.6 Å². The number of benzene rings is 2. The first kappa shape index (κ1) is 14.2. The van der Waals surface area contributed by atoms with Gasteiger partial charge >= 0.3 is 0 Å². The van der Waals surface area contributed by atoms with E-state index < -0.39 is 16.6 Å². The molecule has 0 atom stereocenters. The lowest BCUT2D eigenvalue weighted by atomic mass is 10.2. The third-order valence-electron chi connectivity index (χ3n) is 2.50. The second-order valence-corrected chi connectivity index (χ2v) is 4.75. The molecule has 0 fully saturated rings. The number of nitrogen functional groups attached to an aromatic ring is 1. The number of nitrogens with one attached hydrogen (secondary N) is 1. The highest BCUT2D eigenvalue weighted by Gasteiger charge is 2.14. The number of hydrogen-bond donors (Lipinski definition) is 2. The number of nitro benzene ring substituents is 1. The molecule has 2 aromatic rings. The maximum Gasteiger partial charge on any atom is 0.292 e. The summed E-state index contributed by atoms with van der Waals surface area (Å²) in [7, 11) is 0. The Morgan fingerprint density at radius 3 is 2.50 bits per heavy atom. The Kier molecular flexibility index (Phi) is 3.84. The van der Waals surface area contributed by atoms with Crippen LogP contribution in [0.2, 0.25) is 0 Å². The van der Waals surface area contributed by atoms with Gasteiger partial charge in [-0.15, -0.1) is 0 Å². The van der Waals surface area contributed by atoms with Crippen LogP contribution in [0, 0.1) is 21.7 Å². The molecule has 0 radical (unpaired) electrons. The highest BCUT2D eigenvalue weighted by Crippen LogP contribution is 2.32. The summed E-state index contributed by atoms with van der Waals surface area (Å²) < 4.78 is 26.8. The predicted octanol–water partition coefficient (Wildman–Crippen LogP) is 3.96. The van der Waals surface area contributed by atoms with Crippen molar-refractivity contribution in [2.24, 2.45) is 0 Å². The van der Waals surface area contributed by atoms with E-state index in [1.807, 2.05) is 0 Å². The summed E-state index contributed by atoms with van der Waals surface area (Å²) in [5.41, 5.74) is 5.59. The van der Waals surface area contributed by atoms with E-state index >= 15 is 0 Å². The predicted molar refractivity (Wildman–Crippen MR) is 74.8 cm³/mol. The van der Waals surface area contributed by atoms with Gasteiger partial charge in [-0.05, 0) is 34.1 Å². The number of nitrogens with two attached hydrogens (primary N) is 1. The van der Waals surface area contributed by atoms with Gasteiger partial charge in [-0.2, -0.15) is 0 Å². The van der Waals surface area contributed by atoms with Crippen molar-refractivity contribution >= 4 is 38.7 Å². The average molecular weight is 344 g/mol. The van der Waals surface area contributed by atoms with Gasteiger partial charge < -0.3 is 11.1 Å². The van der Waals surface area contributed by atoms with E-state index in [1.165, 1.54) is 18.2 Å². The van der Waals surface area contributed by atoms with Crippen LogP contribution >= 0.6 is 15.9 Å². The van der Waals surface area contributed by atoms with Gasteiger partial charge in [-0.25, -0.2) is 8.78 Å². The number of hydrogen-bond acceptors (Lipinski definition) is 4. The molecule has 0 bridgehead atoms. The summed E-state index contributed by atoms with van der Waals surface area (Å²) in [6, 6.07) is 5.70. The third kappa shape index (κ3) is 2.85. The Balaban J connectivity index is 2.36. The van der Waals surface area contributed by atoms with Crippen LogP contribution in [-0.4, -0.2) is 4.92 Å². The SMILES string of the molecule is Nc1cc(Nc2c(F)cc(F)cc2Br)ccc1[N+](=O)[O-]. The largest absolute Gasteiger partial charge is 0.393 e. The van der Waals surface area contributed by atoms with E-state index in [-0.39, 0.29) is 21.5 Å². The highest BCUT2D eigenvalue weighted by atomic mass is 79.9. The quantitative estimate of drug-likeness (QED) is 0.502. The summed E-state index contributed by atoms with van der Waals surface area (Å²) in [6.07, 6.45) is 0. The van der Waals surface area contributed by atoms with Crippen molar-refractivity contribution in [3.8, 4) is 0 Å². The van der Waals surface area contributed by atoms with Crippen LogP contribution in [0.15, 0.2) is 34.8 Å². The van der Waals surface area contributed by atoms with Crippen molar-refractivity contribution < 1.29 is 13.7 Å². The maximum absolute atomic E-state index is 13.6. The topological polar surface area (TPSA) is 81.2 Å². The Labute approximate surface area is 120 Å². The second-order valence-electron chi connectivity index (χ2n) is 3.90. The molecule has 0 aliphatic rings. The highest BCUT2D eigenvalue weighted by molar-refractivity contribution is 9.10. The molecule has 5 nitrogen and oxygen atoms in total. The van der Waals surface area contributed by atoms with Crippen LogP contribution < -0.4 is 11.1 Å². The van der Waals surface area contributed by atoms with E-state index in [0.29, 0.717) is 5.69 Å². The van der Waals surface area contributed by atoms with E-state index in [9.17, 15) is 18.9 Å².